The van der Waals surface area contributed by atoms with E-state index in [1.807, 2.05) is 18.2 Å². The number of nitrogens with one attached hydrogen (secondary N) is 2. The van der Waals surface area contributed by atoms with E-state index in [4.69, 9.17) is 4.74 Å². The third-order valence-corrected chi connectivity index (χ3v) is 2.55. The summed E-state index contributed by atoms with van der Waals surface area (Å²) in [6, 6.07) is 5.86. The number of hydrogen-bond acceptors (Lipinski definition) is 3. The van der Waals surface area contributed by atoms with Crippen molar-refractivity contribution >= 4 is 5.91 Å². The number of methoxy groups -OCH3 is 1. The number of hydrazine groups is 1. The van der Waals surface area contributed by atoms with Crippen molar-refractivity contribution in [3.8, 4) is 5.75 Å². The molecule has 94 valence electrons. The molecule has 0 fully saturated rings. The van der Waals surface area contributed by atoms with E-state index < -0.39 is 0 Å². The molecule has 0 bridgehead atoms. The molecule has 0 spiro atoms. The van der Waals surface area contributed by atoms with E-state index in [0.717, 1.165) is 16.9 Å². The van der Waals surface area contributed by atoms with Crippen LogP contribution in [-0.4, -0.2) is 20.1 Å². The second kappa shape index (κ2) is 6.25. The van der Waals surface area contributed by atoms with Crippen molar-refractivity contribution in [2.45, 2.75) is 26.2 Å². The van der Waals surface area contributed by atoms with Crippen LogP contribution in [0.5, 0.6) is 5.75 Å². The van der Waals surface area contributed by atoms with E-state index in [1.165, 1.54) is 0 Å². The van der Waals surface area contributed by atoms with E-state index in [2.05, 4.69) is 24.7 Å². The van der Waals surface area contributed by atoms with Gasteiger partial charge in [-0.15, -0.1) is 0 Å². The topological polar surface area (TPSA) is 50.4 Å². The first-order chi connectivity index (χ1) is 8.08. The normalized spacial score (nSPS) is 10.4. The van der Waals surface area contributed by atoms with Gasteiger partial charge in [0.05, 0.1) is 13.5 Å². The lowest BCUT2D eigenvalue weighted by Crippen LogP contribution is -2.35. The monoisotopic (exact) mass is 236 g/mol. The van der Waals surface area contributed by atoms with Crippen LogP contribution in [0.1, 0.15) is 30.9 Å². The highest BCUT2D eigenvalue weighted by atomic mass is 16.5. The van der Waals surface area contributed by atoms with Crippen LogP contribution in [0.2, 0.25) is 0 Å². The molecule has 1 amide bonds. The molecule has 0 unspecified atom stereocenters. The van der Waals surface area contributed by atoms with Crippen molar-refractivity contribution in [3.05, 3.63) is 29.3 Å². The van der Waals surface area contributed by atoms with Crippen LogP contribution >= 0.6 is 0 Å². The molecular weight excluding hydrogens is 216 g/mol. The molecule has 2 N–H and O–H groups in total. The van der Waals surface area contributed by atoms with Crippen LogP contribution < -0.4 is 15.6 Å². The second-order valence-electron chi connectivity index (χ2n) is 4.21. The summed E-state index contributed by atoms with van der Waals surface area (Å²) in [5.41, 5.74) is 7.29. The summed E-state index contributed by atoms with van der Waals surface area (Å²) in [6.45, 7) is 4.21. The molecule has 4 heteroatoms. The summed E-state index contributed by atoms with van der Waals surface area (Å²) in [4.78, 5) is 11.4. The van der Waals surface area contributed by atoms with Gasteiger partial charge in [-0.1, -0.05) is 26.0 Å². The van der Waals surface area contributed by atoms with Gasteiger partial charge in [-0.2, -0.15) is 0 Å². The molecule has 0 aliphatic heterocycles. The summed E-state index contributed by atoms with van der Waals surface area (Å²) in [5.74, 6) is 1.20. The van der Waals surface area contributed by atoms with Gasteiger partial charge < -0.3 is 4.74 Å². The molecule has 1 aromatic carbocycles. The number of carbonyl (C=O) groups is 1. The van der Waals surface area contributed by atoms with Crippen molar-refractivity contribution in [1.82, 2.24) is 10.9 Å². The van der Waals surface area contributed by atoms with Gasteiger partial charge in [0.25, 0.3) is 0 Å². The van der Waals surface area contributed by atoms with Gasteiger partial charge in [0, 0.05) is 7.05 Å². The predicted molar refractivity (Wildman–Crippen MR) is 68.0 cm³/mol. The molecule has 0 saturated carbocycles. The van der Waals surface area contributed by atoms with Gasteiger partial charge in [-0.3, -0.25) is 10.2 Å². The summed E-state index contributed by atoms with van der Waals surface area (Å²) in [6.07, 6.45) is 0.366. The minimum atomic E-state index is -0.0487. The van der Waals surface area contributed by atoms with Crippen molar-refractivity contribution in [1.29, 1.82) is 0 Å². The third-order valence-electron chi connectivity index (χ3n) is 2.55. The number of amides is 1. The Morgan fingerprint density at radius 3 is 2.65 bits per heavy atom. The number of hydrogen-bond donors (Lipinski definition) is 2. The Balaban J connectivity index is 2.88. The Hall–Kier alpha value is -1.55. The van der Waals surface area contributed by atoms with Crippen LogP contribution in [0.3, 0.4) is 0 Å². The number of carbonyl (C=O) groups excluding carboxylic acids is 1. The molecule has 0 saturated heterocycles. The first-order valence-corrected chi connectivity index (χ1v) is 5.71. The van der Waals surface area contributed by atoms with E-state index in [0.29, 0.717) is 12.3 Å². The molecule has 0 atom stereocenters. The summed E-state index contributed by atoms with van der Waals surface area (Å²) < 4.78 is 5.30. The number of ether oxygens (including phenoxy) is 1. The van der Waals surface area contributed by atoms with Crippen LogP contribution in [-0.2, 0) is 11.2 Å². The van der Waals surface area contributed by atoms with Crippen LogP contribution in [0.15, 0.2) is 18.2 Å². The molecular formula is C13H20N2O2. The van der Waals surface area contributed by atoms with E-state index >= 15 is 0 Å². The van der Waals surface area contributed by atoms with Crippen molar-refractivity contribution in [2.75, 3.05) is 14.2 Å². The zero-order valence-electron chi connectivity index (χ0n) is 10.8. The molecule has 1 aromatic rings. The quantitative estimate of drug-likeness (QED) is 0.764. The smallest absolute Gasteiger partial charge is 0.238 e. The minimum absolute atomic E-state index is 0.0487. The first kappa shape index (κ1) is 13.5. The fourth-order valence-corrected chi connectivity index (χ4v) is 1.71. The first-order valence-electron chi connectivity index (χ1n) is 5.71. The zero-order chi connectivity index (χ0) is 12.8. The maximum Gasteiger partial charge on any atom is 0.238 e. The zero-order valence-corrected chi connectivity index (χ0v) is 10.8. The van der Waals surface area contributed by atoms with Crippen molar-refractivity contribution in [3.63, 3.8) is 0 Å². The summed E-state index contributed by atoms with van der Waals surface area (Å²) >= 11 is 0. The predicted octanol–water partition coefficient (Wildman–Crippen LogP) is 1.61. The van der Waals surface area contributed by atoms with Gasteiger partial charge in [0.15, 0.2) is 0 Å². The average molecular weight is 236 g/mol. The third kappa shape index (κ3) is 3.75. The van der Waals surface area contributed by atoms with Gasteiger partial charge in [-0.05, 0) is 23.1 Å². The molecule has 1 rings (SSSR count). The fraction of sp³-hybridized carbons (Fsp3) is 0.462. The van der Waals surface area contributed by atoms with Crippen LogP contribution in [0.4, 0.5) is 0 Å². The SMILES string of the molecule is CNNC(=O)Cc1ccc(OC)c(C(C)C)c1. The Morgan fingerprint density at radius 1 is 1.41 bits per heavy atom. The van der Waals surface area contributed by atoms with E-state index in [1.54, 1.807) is 14.2 Å². The Labute approximate surface area is 102 Å². The van der Waals surface area contributed by atoms with Crippen LogP contribution in [0, 0.1) is 0 Å². The molecule has 0 radical (unpaired) electrons. The van der Waals surface area contributed by atoms with E-state index in [9.17, 15) is 4.79 Å². The molecule has 0 aliphatic rings. The molecule has 4 nitrogen and oxygen atoms in total. The van der Waals surface area contributed by atoms with Gasteiger partial charge in [0.1, 0.15) is 5.75 Å². The van der Waals surface area contributed by atoms with Gasteiger partial charge in [-0.25, -0.2) is 5.43 Å². The van der Waals surface area contributed by atoms with Crippen molar-refractivity contribution in [2.24, 2.45) is 0 Å². The Kier molecular flexibility index (Phi) is 4.97. The standard InChI is InChI=1S/C13H20N2O2/c1-9(2)11-7-10(5-6-12(11)17-4)8-13(16)15-14-3/h5-7,9,14H,8H2,1-4H3,(H,15,16). The minimum Gasteiger partial charge on any atom is -0.496 e. The van der Waals surface area contributed by atoms with Gasteiger partial charge in [0.2, 0.25) is 5.91 Å². The maximum absolute atomic E-state index is 11.4. The van der Waals surface area contributed by atoms with Gasteiger partial charge >= 0.3 is 0 Å². The fourth-order valence-electron chi connectivity index (χ4n) is 1.71. The summed E-state index contributed by atoms with van der Waals surface area (Å²) in [7, 11) is 3.33. The molecule has 0 aromatic heterocycles. The number of benzene rings is 1. The lowest BCUT2D eigenvalue weighted by Gasteiger charge is -2.13. The highest BCUT2D eigenvalue weighted by Gasteiger charge is 2.10. The number of rotatable bonds is 5. The second-order valence-corrected chi connectivity index (χ2v) is 4.21. The lowest BCUT2D eigenvalue weighted by atomic mass is 9.98. The summed E-state index contributed by atoms with van der Waals surface area (Å²) in [5, 5.41) is 0. The Bertz CT molecular complexity index is 389. The largest absolute Gasteiger partial charge is 0.496 e. The molecule has 0 aliphatic carbocycles. The Morgan fingerprint density at radius 2 is 2.12 bits per heavy atom. The van der Waals surface area contributed by atoms with E-state index in [-0.39, 0.29) is 5.91 Å². The highest BCUT2D eigenvalue weighted by Crippen LogP contribution is 2.27. The average Bonchev–Trinajstić information content (AvgIpc) is 2.29. The highest BCUT2D eigenvalue weighted by molar-refractivity contribution is 5.78. The molecule has 17 heavy (non-hydrogen) atoms. The lowest BCUT2D eigenvalue weighted by molar-refractivity contribution is -0.121. The van der Waals surface area contributed by atoms with Crippen molar-refractivity contribution < 1.29 is 9.53 Å². The van der Waals surface area contributed by atoms with Crippen LogP contribution in [0.25, 0.3) is 0 Å². The molecule has 0 heterocycles. The maximum atomic E-state index is 11.4.